The van der Waals surface area contributed by atoms with Crippen molar-refractivity contribution in [3.8, 4) is 0 Å². The van der Waals surface area contributed by atoms with Gasteiger partial charge in [-0.15, -0.1) is 22.9 Å². The SMILES string of the molecule is CC1CCCC(COCCc2nc(CCl)cs2)C1. The van der Waals surface area contributed by atoms with Crippen molar-refractivity contribution >= 4 is 22.9 Å². The highest BCUT2D eigenvalue weighted by molar-refractivity contribution is 7.09. The molecule has 0 amide bonds. The van der Waals surface area contributed by atoms with Gasteiger partial charge < -0.3 is 4.74 Å². The molecule has 0 aliphatic heterocycles. The maximum absolute atomic E-state index is 5.80. The zero-order valence-corrected chi connectivity index (χ0v) is 12.6. The molecule has 1 fully saturated rings. The third kappa shape index (κ3) is 4.52. The predicted octanol–water partition coefficient (Wildman–Crippen LogP) is 4.27. The van der Waals surface area contributed by atoms with Crippen LogP contribution in [0.5, 0.6) is 0 Å². The molecule has 2 atom stereocenters. The summed E-state index contributed by atoms with van der Waals surface area (Å²) in [6, 6.07) is 0. The Hall–Kier alpha value is -0.120. The summed E-state index contributed by atoms with van der Waals surface area (Å²) in [6.45, 7) is 4.08. The van der Waals surface area contributed by atoms with Crippen LogP contribution in [0.15, 0.2) is 5.38 Å². The highest BCUT2D eigenvalue weighted by atomic mass is 35.5. The minimum Gasteiger partial charge on any atom is -0.381 e. The summed E-state index contributed by atoms with van der Waals surface area (Å²) < 4.78 is 5.80. The Balaban J connectivity index is 1.60. The fraction of sp³-hybridized carbons (Fsp3) is 0.786. The van der Waals surface area contributed by atoms with Gasteiger partial charge in [0.05, 0.1) is 23.2 Å². The highest BCUT2D eigenvalue weighted by Crippen LogP contribution is 2.28. The average Bonchev–Trinajstić information content (AvgIpc) is 2.83. The van der Waals surface area contributed by atoms with E-state index >= 15 is 0 Å². The van der Waals surface area contributed by atoms with Crippen molar-refractivity contribution in [1.29, 1.82) is 0 Å². The molecule has 0 spiro atoms. The number of hydrogen-bond acceptors (Lipinski definition) is 3. The van der Waals surface area contributed by atoms with E-state index in [4.69, 9.17) is 16.3 Å². The standard InChI is InChI=1S/C14H22ClNOS/c1-11-3-2-4-12(7-11)9-17-6-5-14-16-13(8-15)10-18-14/h10-12H,2-9H2,1H3. The molecule has 18 heavy (non-hydrogen) atoms. The highest BCUT2D eigenvalue weighted by Gasteiger charge is 2.18. The van der Waals surface area contributed by atoms with Gasteiger partial charge in [0, 0.05) is 18.4 Å². The second kappa shape index (κ2) is 7.46. The van der Waals surface area contributed by atoms with Gasteiger partial charge in [0.2, 0.25) is 0 Å². The number of alkyl halides is 1. The molecule has 0 aromatic carbocycles. The number of nitrogens with zero attached hydrogens (tertiary/aromatic N) is 1. The summed E-state index contributed by atoms with van der Waals surface area (Å²) in [5, 5.41) is 3.17. The largest absolute Gasteiger partial charge is 0.381 e. The van der Waals surface area contributed by atoms with Gasteiger partial charge >= 0.3 is 0 Å². The van der Waals surface area contributed by atoms with Crippen LogP contribution >= 0.6 is 22.9 Å². The van der Waals surface area contributed by atoms with Gasteiger partial charge in [-0.3, -0.25) is 0 Å². The molecule has 1 heterocycles. The van der Waals surface area contributed by atoms with Crippen molar-refractivity contribution < 1.29 is 4.74 Å². The normalized spacial score (nSPS) is 24.3. The molecule has 1 aromatic heterocycles. The molecule has 0 saturated heterocycles. The Morgan fingerprint density at radius 2 is 2.39 bits per heavy atom. The molecule has 4 heteroatoms. The maximum Gasteiger partial charge on any atom is 0.0951 e. The van der Waals surface area contributed by atoms with Gasteiger partial charge in [-0.2, -0.15) is 0 Å². The third-order valence-corrected chi connectivity index (χ3v) is 4.83. The summed E-state index contributed by atoms with van der Waals surface area (Å²) in [6.07, 6.45) is 6.38. The number of halogens is 1. The molecule has 0 radical (unpaired) electrons. The molecule has 0 bridgehead atoms. The average molecular weight is 288 g/mol. The van der Waals surface area contributed by atoms with Gasteiger partial charge in [-0.25, -0.2) is 4.98 Å². The van der Waals surface area contributed by atoms with Crippen molar-refractivity contribution in [3.05, 3.63) is 16.1 Å². The monoisotopic (exact) mass is 287 g/mol. The summed E-state index contributed by atoms with van der Waals surface area (Å²) in [4.78, 5) is 4.43. The minimum absolute atomic E-state index is 0.511. The minimum atomic E-state index is 0.511. The molecule has 2 unspecified atom stereocenters. The van der Waals surface area contributed by atoms with E-state index in [1.165, 1.54) is 25.7 Å². The smallest absolute Gasteiger partial charge is 0.0951 e. The Morgan fingerprint density at radius 1 is 1.50 bits per heavy atom. The van der Waals surface area contributed by atoms with Crippen molar-refractivity contribution in [2.24, 2.45) is 11.8 Å². The van der Waals surface area contributed by atoms with Crippen LogP contribution < -0.4 is 0 Å². The first-order chi connectivity index (χ1) is 8.78. The lowest BCUT2D eigenvalue weighted by atomic mass is 9.83. The molecule has 102 valence electrons. The second-order valence-electron chi connectivity index (χ2n) is 5.33. The van der Waals surface area contributed by atoms with Crippen molar-refractivity contribution in [2.45, 2.75) is 44.9 Å². The summed E-state index contributed by atoms with van der Waals surface area (Å²) >= 11 is 7.41. The van der Waals surface area contributed by atoms with Crippen LogP contribution in [-0.2, 0) is 17.0 Å². The first kappa shape index (κ1) is 14.3. The van der Waals surface area contributed by atoms with E-state index < -0.39 is 0 Å². The molecule has 1 aromatic rings. The van der Waals surface area contributed by atoms with E-state index in [9.17, 15) is 0 Å². The lowest BCUT2D eigenvalue weighted by Gasteiger charge is -2.26. The van der Waals surface area contributed by atoms with Crippen LogP contribution in [-0.4, -0.2) is 18.2 Å². The Morgan fingerprint density at radius 3 is 3.11 bits per heavy atom. The Bertz CT molecular complexity index is 355. The molecule has 2 nitrogen and oxygen atoms in total. The Kier molecular flexibility index (Phi) is 5.93. The molecular weight excluding hydrogens is 266 g/mol. The van der Waals surface area contributed by atoms with Gasteiger partial charge in [0.15, 0.2) is 0 Å². The predicted molar refractivity (Wildman–Crippen MR) is 77.3 cm³/mol. The topological polar surface area (TPSA) is 22.1 Å². The van der Waals surface area contributed by atoms with Crippen LogP contribution in [0.4, 0.5) is 0 Å². The molecule has 1 aliphatic rings. The zero-order chi connectivity index (χ0) is 12.8. The van der Waals surface area contributed by atoms with E-state index in [0.29, 0.717) is 5.88 Å². The van der Waals surface area contributed by atoms with Gasteiger partial charge in [-0.1, -0.05) is 19.8 Å². The number of thiazole rings is 1. The fourth-order valence-corrected chi connectivity index (χ4v) is 3.65. The van der Waals surface area contributed by atoms with Crippen molar-refractivity contribution in [3.63, 3.8) is 0 Å². The van der Waals surface area contributed by atoms with Gasteiger partial charge in [0.1, 0.15) is 0 Å². The lowest BCUT2D eigenvalue weighted by Crippen LogP contribution is -2.18. The summed E-state index contributed by atoms with van der Waals surface area (Å²) in [7, 11) is 0. The van der Waals surface area contributed by atoms with E-state index in [-0.39, 0.29) is 0 Å². The number of hydrogen-bond donors (Lipinski definition) is 0. The van der Waals surface area contributed by atoms with Gasteiger partial charge in [-0.05, 0) is 24.7 Å². The molecule has 2 rings (SSSR count). The van der Waals surface area contributed by atoms with E-state index in [2.05, 4.69) is 11.9 Å². The number of rotatable bonds is 6. The van der Waals surface area contributed by atoms with Crippen molar-refractivity contribution in [2.75, 3.05) is 13.2 Å². The quantitative estimate of drug-likeness (QED) is 0.576. The lowest BCUT2D eigenvalue weighted by molar-refractivity contribution is 0.0783. The summed E-state index contributed by atoms with van der Waals surface area (Å²) in [5.41, 5.74) is 0.984. The number of aromatic nitrogens is 1. The first-order valence-electron chi connectivity index (χ1n) is 6.85. The van der Waals surface area contributed by atoms with Gasteiger partial charge in [0.25, 0.3) is 0 Å². The van der Waals surface area contributed by atoms with Crippen LogP contribution in [0.3, 0.4) is 0 Å². The maximum atomic E-state index is 5.80. The van der Waals surface area contributed by atoms with E-state index in [1.54, 1.807) is 11.3 Å². The van der Waals surface area contributed by atoms with Crippen molar-refractivity contribution in [1.82, 2.24) is 4.98 Å². The van der Waals surface area contributed by atoms with E-state index in [1.807, 2.05) is 5.38 Å². The molecule has 1 aliphatic carbocycles. The van der Waals surface area contributed by atoms with E-state index in [0.717, 1.165) is 42.2 Å². The third-order valence-electron chi connectivity index (χ3n) is 3.60. The fourth-order valence-electron chi connectivity index (χ4n) is 2.65. The Labute approximate surface area is 119 Å². The first-order valence-corrected chi connectivity index (χ1v) is 8.26. The molecule has 0 N–H and O–H groups in total. The number of ether oxygens (including phenoxy) is 1. The van der Waals surface area contributed by atoms with Crippen LogP contribution in [0, 0.1) is 11.8 Å². The summed E-state index contributed by atoms with van der Waals surface area (Å²) in [5.74, 6) is 2.18. The zero-order valence-electron chi connectivity index (χ0n) is 11.0. The van der Waals surface area contributed by atoms with Crippen LogP contribution in [0.25, 0.3) is 0 Å². The molecule has 1 saturated carbocycles. The molecular formula is C14H22ClNOS. The van der Waals surface area contributed by atoms with Crippen LogP contribution in [0.2, 0.25) is 0 Å². The van der Waals surface area contributed by atoms with Crippen LogP contribution in [0.1, 0.15) is 43.3 Å². The second-order valence-corrected chi connectivity index (χ2v) is 6.54.